The Labute approximate surface area is 149 Å². The molecule has 0 unspecified atom stereocenters. The van der Waals surface area contributed by atoms with E-state index in [-0.39, 0.29) is 17.9 Å². The molecule has 7 heteroatoms. The van der Waals surface area contributed by atoms with E-state index < -0.39 is 0 Å². The lowest BCUT2D eigenvalue weighted by Crippen LogP contribution is -2.35. The first kappa shape index (κ1) is 16.9. The quantitative estimate of drug-likeness (QED) is 0.702. The van der Waals surface area contributed by atoms with E-state index in [0.29, 0.717) is 6.54 Å². The van der Waals surface area contributed by atoms with Gasteiger partial charge in [0.05, 0.1) is 24.2 Å². The SMILES string of the molecule is Cc1ccn(C[C@H](C)C(=O)N[C@H](Cc2ccsc2)c2nccs2)n1. The van der Waals surface area contributed by atoms with Crippen molar-refractivity contribution in [2.45, 2.75) is 32.9 Å². The van der Waals surface area contributed by atoms with Gasteiger partial charge in [-0.05, 0) is 35.4 Å². The molecular weight excluding hydrogens is 340 g/mol. The minimum absolute atomic E-state index is 0.0265. The van der Waals surface area contributed by atoms with Crippen LogP contribution >= 0.6 is 22.7 Å². The van der Waals surface area contributed by atoms with Crippen LogP contribution in [0.5, 0.6) is 0 Å². The third kappa shape index (κ3) is 4.30. The molecule has 3 aromatic rings. The summed E-state index contributed by atoms with van der Waals surface area (Å²) in [5.41, 5.74) is 2.18. The minimum Gasteiger partial charge on any atom is -0.346 e. The van der Waals surface area contributed by atoms with Crippen molar-refractivity contribution in [1.82, 2.24) is 20.1 Å². The maximum absolute atomic E-state index is 12.6. The second-order valence-electron chi connectivity index (χ2n) is 5.85. The Kier molecular flexibility index (Phi) is 5.42. The van der Waals surface area contributed by atoms with Crippen LogP contribution in [0.1, 0.15) is 29.2 Å². The summed E-state index contributed by atoms with van der Waals surface area (Å²) < 4.78 is 1.82. The lowest BCUT2D eigenvalue weighted by Gasteiger charge is -2.19. The highest BCUT2D eigenvalue weighted by atomic mass is 32.1. The van der Waals surface area contributed by atoms with Crippen LogP contribution in [0, 0.1) is 12.8 Å². The molecule has 3 aromatic heterocycles. The number of thiazole rings is 1. The van der Waals surface area contributed by atoms with Crippen LogP contribution in [-0.4, -0.2) is 20.7 Å². The minimum atomic E-state index is -0.158. The summed E-state index contributed by atoms with van der Waals surface area (Å²) in [6, 6.07) is 3.95. The third-order valence-corrected chi connectivity index (χ3v) is 5.39. The van der Waals surface area contributed by atoms with Gasteiger partial charge in [-0.2, -0.15) is 16.4 Å². The van der Waals surface area contributed by atoms with Gasteiger partial charge in [-0.1, -0.05) is 6.92 Å². The number of nitrogens with one attached hydrogen (secondary N) is 1. The van der Waals surface area contributed by atoms with Gasteiger partial charge in [0.25, 0.3) is 0 Å². The Bertz CT molecular complexity index is 764. The van der Waals surface area contributed by atoms with Gasteiger partial charge in [-0.15, -0.1) is 11.3 Å². The zero-order valence-electron chi connectivity index (χ0n) is 13.7. The summed E-state index contributed by atoms with van der Waals surface area (Å²) in [7, 11) is 0. The number of aromatic nitrogens is 3. The predicted octanol–water partition coefficient (Wildman–Crippen LogP) is 3.45. The molecule has 1 N–H and O–H groups in total. The number of rotatable bonds is 7. The standard InChI is InChI=1S/C17H20N4OS2/c1-12(10-21-6-3-13(2)20-21)16(22)19-15(17-18-5-8-24-17)9-14-4-7-23-11-14/h3-8,11-12,15H,9-10H2,1-2H3,(H,19,22)/t12-,15+/m0/s1. The van der Waals surface area contributed by atoms with Crippen molar-refractivity contribution in [3.05, 3.63) is 56.9 Å². The monoisotopic (exact) mass is 360 g/mol. The fourth-order valence-electron chi connectivity index (χ4n) is 2.49. The molecule has 0 aliphatic carbocycles. The summed E-state index contributed by atoms with van der Waals surface area (Å²) >= 11 is 3.24. The predicted molar refractivity (Wildman–Crippen MR) is 97.1 cm³/mol. The van der Waals surface area contributed by atoms with Gasteiger partial charge >= 0.3 is 0 Å². The van der Waals surface area contributed by atoms with Gasteiger partial charge in [-0.3, -0.25) is 9.48 Å². The van der Waals surface area contributed by atoms with E-state index >= 15 is 0 Å². The van der Waals surface area contributed by atoms with Crippen molar-refractivity contribution >= 4 is 28.6 Å². The first-order valence-corrected chi connectivity index (χ1v) is 9.65. The molecule has 0 saturated heterocycles. The fraction of sp³-hybridized carbons (Fsp3) is 0.353. The molecule has 0 radical (unpaired) electrons. The van der Waals surface area contributed by atoms with Crippen LogP contribution in [0.25, 0.3) is 0 Å². The molecule has 5 nitrogen and oxygen atoms in total. The molecule has 0 spiro atoms. The molecule has 0 aliphatic heterocycles. The van der Waals surface area contributed by atoms with Crippen molar-refractivity contribution in [3.8, 4) is 0 Å². The van der Waals surface area contributed by atoms with Crippen molar-refractivity contribution in [2.75, 3.05) is 0 Å². The van der Waals surface area contributed by atoms with Gasteiger partial charge in [-0.25, -0.2) is 4.98 Å². The van der Waals surface area contributed by atoms with E-state index in [2.05, 4.69) is 32.2 Å². The Morgan fingerprint density at radius 3 is 2.88 bits per heavy atom. The molecule has 0 aliphatic rings. The highest BCUT2D eigenvalue weighted by Gasteiger charge is 2.21. The van der Waals surface area contributed by atoms with E-state index in [4.69, 9.17) is 0 Å². The number of aryl methyl sites for hydroxylation is 1. The van der Waals surface area contributed by atoms with Crippen molar-refractivity contribution in [2.24, 2.45) is 5.92 Å². The fourth-order valence-corrected chi connectivity index (χ4v) is 3.86. The number of carbonyl (C=O) groups excluding carboxylic acids is 1. The average molecular weight is 361 g/mol. The summed E-state index contributed by atoms with van der Waals surface area (Å²) in [5.74, 6) is -0.132. The van der Waals surface area contributed by atoms with Crippen LogP contribution in [-0.2, 0) is 17.8 Å². The number of hydrogen-bond donors (Lipinski definition) is 1. The zero-order chi connectivity index (χ0) is 16.9. The van der Waals surface area contributed by atoms with Crippen LogP contribution in [0.3, 0.4) is 0 Å². The molecule has 3 rings (SSSR count). The van der Waals surface area contributed by atoms with E-state index in [1.165, 1.54) is 5.56 Å². The van der Waals surface area contributed by atoms with Crippen LogP contribution in [0.15, 0.2) is 40.7 Å². The first-order chi connectivity index (χ1) is 11.6. The Hall–Kier alpha value is -1.99. The van der Waals surface area contributed by atoms with E-state index in [1.807, 2.05) is 36.2 Å². The van der Waals surface area contributed by atoms with Gasteiger partial charge in [0.2, 0.25) is 5.91 Å². The molecule has 1 amide bonds. The largest absolute Gasteiger partial charge is 0.346 e. The highest BCUT2D eigenvalue weighted by Crippen LogP contribution is 2.22. The molecule has 0 bridgehead atoms. The van der Waals surface area contributed by atoms with Crippen molar-refractivity contribution in [1.29, 1.82) is 0 Å². The van der Waals surface area contributed by atoms with Crippen LogP contribution in [0.2, 0.25) is 0 Å². The summed E-state index contributed by atoms with van der Waals surface area (Å²) in [6.07, 6.45) is 4.45. The summed E-state index contributed by atoms with van der Waals surface area (Å²) in [4.78, 5) is 17.0. The van der Waals surface area contributed by atoms with Crippen molar-refractivity contribution in [3.63, 3.8) is 0 Å². The Morgan fingerprint density at radius 2 is 2.25 bits per heavy atom. The number of carbonyl (C=O) groups is 1. The average Bonchev–Trinajstić information content (AvgIpc) is 3.28. The maximum Gasteiger partial charge on any atom is 0.225 e. The van der Waals surface area contributed by atoms with Gasteiger partial charge in [0.1, 0.15) is 5.01 Å². The molecule has 3 heterocycles. The third-order valence-electron chi connectivity index (χ3n) is 3.77. The van der Waals surface area contributed by atoms with Gasteiger partial charge < -0.3 is 5.32 Å². The Morgan fingerprint density at radius 1 is 1.38 bits per heavy atom. The summed E-state index contributed by atoms with van der Waals surface area (Å²) in [5, 5.41) is 14.6. The molecule has 0 saturated carbocycles. The second kappa shape index (κ2) is 7.72. The van der Waals surface area contributed by atoms with Gasteiger partial charge in [0.15, 0.2) is 0 Å². The van der Waals surface area contributed by atoms with Crippen molar-refractivity contribution < 1.29 is 4.79 Å². The molecule has 0 aromatic carbocycles. The van der Waals surface area contributed by atoms with E-state index in [0.717, 1.165) is 17.1 Å². The van der Waals surface area contributed by atoms with E-state index in [9.17, 15) is 4.79 Å². The number of nitrogens with zero attached hydrogens (tertiary/aromatic N) is 3. The topological polar surface area (TPSA) is 59.8 Å². The number of amides is 1. The molecule has 126 valence electrons. The number of hydrogen-bond acceptors (Lipinski definition) is 5. The second-order valence-corrected chi connectivity index (χ2v) is 7.55. The maximum atomic E-state index is 12.6. The lowest BCUT2D eigenvalue weighted by molar-refractivity contribution is -0.125. The van der Waals surface area contributed by atoms with Gasteiger partial charge in [0, 0.05) is 24.2 Å². The van der Waals surface area contributed by atoms with E-state index in [1.54, 1.807) is 28.9 Å². The molecular formula is C17H20N4OS2. The molecule has 24 heavy (non-hydrogen) atoms. The zero-order valence-corrected chi connectivity index (χ0v) is 15.3. The molecule has 2 atom stereocenters. The highest BCUT2D eigenvalue weighted by molar-refractivity contribution is 7.09. The first-order valence-electron chi connectivity index (χ1n) is 7.82. The Balaban J connectivity index is 1.66. The van der Waals surface area contributed by atoms with Crippen LogP contribution < -0.4 is 5.32 Å². The number of thiophene rings is 1. The lowest BCUT2D eigenvalue weighted by atomic mass is 10.1. The van der Waals surface area contributed by atoms with Crippen LogP contribution in [0.4, 0.5) is 0 Å². The normalized spacial score (nSPS) is 13.6. The molecule has 0 fully saturated rings. The smallest absolute Gasteiger partial charge is 0.225 e. The summed E-state index contributed by atoms with van der Waals surface area (Å²) in [6.45, 7) is 4.44.